The van der Waals surface area contributed by atoms with Crippen LogP contribution in [-0.4, -0.2) is 22.8 Å². The quantitative estimate of drug-likeness (QED) is 0.575. The van der Waals surface area contributed by atoms with Gasteiger partial charge in [-0.3, -0.25) is 0 Å². The molecule has 1 rings (SSSR count). The Balaban J connectivity index is 3.04. The standard InChI is InChI=1S/C10H13NO3/c1-3-4-11-6-8(7-12)5-9(11)10(13)14-2/h3,5-6,12H,1,4,7H2,2H3. The van der Waals surface area contributed by atoms with Gasteiger partial charge >= 0.3 is 5.97 Å². The van der Waals surface area contributed by atoms with Crippen LogP contribution in [0.15, 0.2) is 24.9 Å². The number of aliphatic hydroxyl groups excluding tert-OH is 1. The predicted octanol–water partition coefficient (Wildman–Crippen LogP) is 0.953. The van der Waals surface area contributed by atoms with E-state index in [1.54, 1.807) is 22.9 Å². The van der Waals surface area contributed by atoms with E-state index in [4.69, 9.17) is 5.11 Å². The first-order valence-corrected chi connectivity index (χ1v) is 4.22. The second kappa shape index (κ2) is 4.62. The Labute approximate surface area is 82.4 Å². The van der Waals surface area contributed by atoms with Crippen molar-refractivity contribution in [3.05, 3.63) is 36.2 Å². The Morgan fingerprint density at radius 3 is 3.00 bits per heavy atom. The van der Waals surface area contributed by atoms with E-state index in [0.717, 1.165) is 0 Å². The summed E-state index contributed by atoms with van der Waals surface area (Å²) in [5.74, 6) is -0.411. The number of rotatable bonds is 4. The molecule has 0 atom stereocenters. The van der Waals surface area contributed by atoms with Crippen LogP contribution in [0.25, 0.3) is 0 Å². The van der Waals surface area contributed by atoms with E-state index >= 15 is 0 Å². The Bertz CT molecular complexity index is 341. The predicted molar refractivity (Wildman–Crippen MR) is 51.9 cm³/mol. The van der Waals surface area contributed by atoms with Gasteiger partial charge in [-0.25, -0.2) is 4.79 Å². The molecule has 14 heavy (non-hydrogen) atoms. The molecule has 0 aliphatic heterocycles. The van der Waals surface area contributed by atoms with Crippen molar-refractivity contribution in [2.75, 3.05) is 7.11 Å². The van der Waals surface area contributed by atoms with Gasteiger partial charge in [-0.15, -0.1) is 6.58 Å². The molecular formula is C10H13NO3. The normalized spacial score (nSPS) is 9.86. The van der Waals surface area contributed by atoms with Crippen molar-refractivity contribution in [3.8, 4) is 0 Å². The molecule has 0 saturated carbocycles. The van der Waals surface area contributed by atoms with Crippen LogP contribution in [-0.2, 0) is 17.9 Å². The fourth-order valence-electron chi connectivity index (χ4n) is 1.22. The van der Waals surface area contributed by atoms with Gasteiger partial charge in [0, 0.05) is 12.7 Å². The number of carbonyl (C=O) groups excluding carboxylic acids is 1. The van der Waals surface area contributed by atoms with E-state index in [-0.39, 0.29) is 6.61 Å². The molecule has 76 valence electrons. The van der Waals surface area contributed by atoms with Crippen molar-refractivity contribution in [2.45, 2.75) is 13.2 Å². The number of ether oxygens (including phenoxy) is 1. The van der Waals surface area contributed by atoms with Gasteiger partial charge < -0.3 is 14.4 Å². The summed E-state index contributed by atoms with van der Waals surface area (Å²) in [5, 5.41) is 8.91. The van der Waals surface area contributed by atoms with Gasteiger partial charge in [-0.05, 0) is 11.6 Å². The lowest BCUT2D eigenvalue weighted by atomic mass is 10.3. The third kappa shape index (κ3) is 2.03. The minimum atomic E-state index is -0.411. The average Bonchev–Trinajstić information content (AvgIpc) is 2.61. The molecule has 1 N–H and O–H groups in total. The number of nitrogens with zero attached hydrogens (tertiary/aromatic N) is 1. The molecule has 1 aromatic heterocycles. The first-order valence-electron chi connectivity index (χ1n) is 4.22. The minimum Gasteiger partial charge on any atom is -0.464 e. The molecular weight excluding hydrogens is 182 g/mol. The molecule has 0 spiro atoms. The summed E-state index contributed by atoms with van der Waals surface area (Å²) in [6.07, 6.45) is 3.38. The molecule has 0 bridgehead atoms. The number of esters is 1. The van der Waals surface area contributed by atoms with Gasteiger partial charge in [-0.1, -0.05) is 6.08 Å². The van der Waals surface area contributed by atoms with Gasteiger partial charge in [-0.2, -0.15) is 0 Å². The molecule has 0 fully saturated rings. The first kappa shape index (κ1) is 10.5. The lowest BCUT2D eigenvalue weighted by Crippen LogP contribution is -2.08. The number of methoxy groups -OCH3 is 1. The summed E-state index contributed by atoms with van der Waals surface area (Å²) < 4.78 is 6.29. The van der Waals surface area contributed by atoms with Crippen LogP contribution in [0.3, 0.4) is 0 Å². The lowest BCUT2D eigenvalue weighted by molar-refractivity contribution is 0.0589. The number of allylic oxidation sites excluding steroid dienone is 1. The van der Waals surface area contributed by atoms with Crippen LogP contribution >= 0.6 is 0 Å². The third-order valence-electron chi connectivity index (χ3n) is 1.86. The zero-order valence-corrected chi connectivity index (χ0v) is 8.06. The Hall–Kier alpha value is -1.55. The van der Waals surface area contributed by atoms with Gasteiger partial charge in [0.05, 0.1) is 13.7 Å². The number of hydrogen-bond acceptors (Lipinski definition) is 3. The highest BCUT2D eigenvalue weighted by Gasteiger charge is 2.12. The van der Waals surface area contributed by atoms with Gasteiger partial charge in [0.25, 0.3) is 0 Å². The molecule has 1 aromatic rings. The molecule has 0 radical (unpaired) electrons. The Kier molecular flexibility index (Phi) is 3.48. The largest absolute Gasteiger partial charge is 0.464 e. The van der Waals surface area contributed by atoms with Crippen LogP contribution < -0.4 is 0 Å². The molecule has 0 saturated heterocycles. The summed E-state index contributed by atoms with van der Waals surface area (Å²) in [6, 6.07) is 1.61. The fraction of sp³-hybridized carbons (Fsp3) is 0.300. The molecule has 1 heterocycles. The number of carbonyl (C=O) groups is 1. The van der Waals surface area contributed by atoms with E-state index < -0.39 is 5.97 Å². The van der Waals surface area contributed by atoms with Crippen molar-refractivity contribution in [1.82, 2.24) is 4.57 Å². The summed E-state index contributed by atoms with van der Waals surface area (Å²) in [7, 11) is 1.33. The minimum absolute atomic E-state index is 0.0891. The highest BCUT2D eigenvalue weighted by molar-refractivity contribution is 5.88. The Morgan fingerprint density at radius 2 is 2.50 bits per heavy atom. The van der Waals surface area contributed by atoms with Crippen LogP contribution in [0.1, 0.15) is 16.1 Å². The van der Waals surface area contributed by atoms with Crippen LogP contribution in [0.4, 0.5) is 0 Å². The smallest absolute Gasteiger partial charge is 0.354 e. The SMILES string of the molecule is C=CCn1cc(CO)cc1C(=O)OC. The summed E-state index contributed by atoms with van der Waals surface area (Å²) in [4.78, 5) is 11.3. The number of aromatic nitrogens is 1. The maximum Gasteiger partial charge on any atom is 0.354 e. The molecule has 4 nitrogen and oxygen atoms in total. The third-order valence-corrected chi connectivity index (χ3v) is 1.86. The van der Waals surface area contributed by atoms with E-state index in [9.17, 15) is 4.79 Å². The van der Waals surface area contributed by atoms with Crippen molar-refractivity contribution in [3.63, 3.8) is 0 Å². The monoisotopic (exact) mass is 195 g/mol. The first-order chi connectivity index (χ1) is 6.72. The molecule has 0 aliphatic carbocycles. The van der Waals surface area contributed by atoms with Crippen molar-refractivity contribution in [1.29, 1.82) is 0 Å². The van der Waals surface area contributed by atoms with Gasteiger partial charge in [0.15, 0.2) is 0 Å². The Morgan fingerprint density at radius 1 is 1.79 bits per heavy atom. The van der Waals surface area contributed by atoms with Crippen molar-refractivity contribution < 1.29 is 14.6 Å². The second-order valence-electron chi connectivity index (χ2n) is 2.82. The van der Waals surface area contributed by atoms with Crippen molar-refractivity contribution in [2.24, 2.45) is 0 Å². The maximum atomic E-state index is 11.3. The molecule has 0 amide bonds. The number of hydrogen-bond donors (Lipinski definition) is 1. The van der Waals surface area contributed by atoms with Crippen molar-refractivity contribution >= 4 is 5.97 Å². The highest BCUT2D eigenvalue weighted by Crippen LogP contribution is 2.10. The van der Waals surface area contributed by atoms with E-state index in [1.807, 2.05) is 0 Å². The summed E-state index contributed by atoms with van der Waals surface area (Å²) >= 11 is 0. The van der Waals surface area contributed by atoms with E-state index in [2.05, 4.69) is 11.3 Å². The summed E-state index contributed by atoms with van der Waals surface area (Å²) in [5.41, 5.74) is 1.11. The number of aliphatic hydroxyl groups is 1. The molecule has 0 unspecified atom stereocenters. The molecule has 4 heteroatoms. The zero-order valence-electron chi connectivity index (χ0n) is 8.06. The lowest BCUT2D eigenvalue weighted by Gasteiger charge is -2.03. The molecule has 0 aliphatic rings. The maximum absolute atomic E-state index is 11.3. The van der Waals surface area contributed by atoms with E-state index in [0.29, 0.717) is 17.8 Å². The average molecular weight is 195 g/mol. The topological polar surface area (TPSA) is 51.5 Å². The highest BCUT2D eigenvalue weighted by atomic mass is 16.5. The van der Waals surface area contributed by atoms with Gasteiger partial charge in [0.1, 0.15) is 5.69 Å². The fourth-order valence-corrected chi connectivity index (χ4v) is 1.22. The zero-order chi connectivity index (χ0) is 10.6. The van der Waals surface area contributed by atoms with Crippen LogP contribution in [0.2, 0.25) is 0 Å². The second-order valence-corrected chi connectivity index (χ2v) is 2.82. The van der Waals surface area contributed by atoms with Gasteiger partial charge in [0.2, 0.25) is 0 Å². The van der Waals surface area contributed by atoms with Crippen LogP contribution in [0.5, 0.6) is 0 Å². The van der Waals surface area contributed by atoms with E-state index in [1.165, 1.54) is 7.11 Å². The summed E-state index contributed by atoms with van der Waals surface area (Å²) in [6.45, 7) is 4.01. The molecule has 0 aromatic carbocycles. The van der Waals surface area contributed by atoms with Crippen LogP contribution in [0, 0.1) is 0 Å².